The molecule has 1 aliphatic rings. The Morgan fingerprint density at radius 2 is 2.07 bits per heavy atom. The van der Waals surface area contributed by atoms with Crippen molar-refractivity contribution in [3.63, 3.8) is 0 Å². The zero-order chi connectivity index (χ0) is 19.3. The van der Waals surface area contributed by atoms with Crippen LogP contribution in [0, 0.1) is 0 Å². The van der Waals surface area contributed by atoms with Gasteiger partial charge in [0.15, 0.2) is 5.96 Å². The first kappa shape index (κ1) is 21.5. The minimum atomic E-state index is 0.188. The second-order valence-electron chi connectivity index (χ2n) is 7.00. The molecular formula is C21H35N3O3. The summed E-state index contributed by atoms with van der Waals surface area (Å²) < 4.78 is 16.9. The zero-order valence-corrected chi connectivity index (χ0v) is 17.0. The summed E-state index contributed by atoms with van der Waals surface area (Å²) in [4.78, 5) is 4.65. The van der Waals surface area contributed by atoms with Gasteiger partial charge >= 0.3 is 0 Å². The average Bonchev–Trinajstić information content (AvgIpc) is 3.16. The highest BCUT2D eigenvalue weighted by atomic mass is 16.5. The Balaban J connectivity index is 1.66. The second kappa shape index (κ2) is 12.6. The van der Waals surface area contributed by atoms with Gasteiger partial charge in [-0.25, -0.2) is 4.99 Å². The van der Waals surface area contributed by atoms with Gasteiger partial charge in [-0.05, 0) is 57.7 Å². The lowest BCUT2D eigenvalue weighted by atomic mass is 10.2. The van der Waals surface area contributed by atoms with Crippen molar-refractivity contribution >= 4 is 5.96 Å². The standard InChI is InChI=1S/C21H35N3O3/c1-4-22-21(23-12-6-13-25-16-20-7-5-14-26-20)24-15-18-8-10-19(11-9-18)27-17(2)3/h8-11,17,20H,4-7,12-16H2,1-3H3,(H2,22,23,24). The maximum Gasteiger partial charge on any atom is 0.191 e. The molecule has 0 bridgehead atoms. The number of rotatable bonds is 11. The van der Waals surface area contributed by atoms with Gasteiger partial charge < -0.3 is 24.8 Å². The monoisotopic (exact) mass is 377 g/mol. The molecule has 0 saturated carbocycles. The topological polar surface area (TPSA) is 64.1 Å². The van der Waals surface area contributed by atoms with Crippen molar-refractivity contribution in [3.05, 3.63) is 29.8 Å². The van der Waals surface area contributed by atoms with Crippen molar-refractivity contribution in [3.8, 4) is 5.75 Å². The maximum atomic E-state index is 5.69. The van der Waals surface area contributed by atoms with Gasteiger partial charge in [0.05, 0.1) is 25.4 Å². The summed E-state index contributed by atoms with van der Waals surface area (Å²) >= 11 is 0. The molecule has 152 valence electrons. The maximum absolute atomic E-state index is 5.69. The van der Waals surface area contributed by atoms with E-state index in [1.54, 1.807) is 0 Å². The van der Waals surface area contributed by atoms with Gasteiger partial charge in [-0.1, -0.05) is 12.1 Å². The van der Waals surface area contributed by atoms with Crippen molar-refractivity contribution in [2.45, 2.75) is 58.8 Å². The van der Waals surface area contributed by atoms with Gasteiger partial charge in [0.1, 0.15) is 5.75 Å². The summed E-state index contributed by atoms with van der Waals surface area (Å²) in [7, 11) is 0. The van der Waals surface area contributed by atoms with Gasteiger partial charge in [-0.3, -0.25) is 0 Å². The quantitative estimate of drug-likeness (QED) is 0.352. The van der Waals surface area contributed by atoms with E-state index < -0.39 is 0 Å². The summed E-state index contributed by atoms with van der Waals surface area (Å²) in [6.07, 6.45) is 3.71. The van der Waals surface area contributed by atoms with Crippen LogP contribution < -0.4 is 15.4 Å². The molecule has 6 nitrogen and oxygen atoms in total. The minimum Gasteiger partial charge on any atom is -0.491 e. The fourth-order valence-electron chi connectivity index (χ4n) is 2.83. The average molecular weight is 378 g/mol. The third-order valence-electron chi connectivity index (χ3n) is 4.14. The molecule has 2 rings (SSSR count). The fourth-order valence-corrected chi connectivity index (χ4v) is 2.83. The van der Waals surface area contributed by atoms with Gasteiger partial charge in [0, 0.05) is 26.3 Å². The molecule has 1 unspecified atom stereocenters. The Labute approximate surface area is 163 Å². The molecule has 0 radical (unpaired) electrons. The van der Waals surface area contributed by atoms with Crippen LogP contribution in [-0.2, 0) is 16.0 Å². The van der Waals surface area contributed by atoms with Crippen molar-refractivity contribution in [2.24, 2.45) is 4.99 Å². The van der Waals surface area contributed by atoms with Gasteiger partial charge in [0.2, 0.25) is 0 Å². The lowest BCUT2D eigenvalue weighted by Gasteiger charge is -2.13. The van der Waals surface area contributed by atoms with Crippen LogP contribution in [0.5, 0.6) is 5.75 Å². The normalized spacial score (nSPS) is 17.3. The number of hydrogen-bond donors (Lipinski definition) is 2. The third kappa shape index (κ3) is 9.11. The fraction of sp³-hybridized carbons (Fsp3) is 0.667. The van der Waals surface area contributed by atoms with Crippen LogP contribution in [0.25, 0.3) is 0 Å². The van der Waals surface area contributed by atoms with E-state index in [-0.39, 0.29) is 6.10 Å². The number of hydrogen-bond acceptors (Lipinski definition) is 4. The van der Waals surface area contributed by atoms with E-state index in [1.807, 2.05) is 26.0 Å². The predicted molar refractivity (Wildman–Crippen MR) is 109 cm³/mol. The van der Waals surface area contributed by atoms with Crippen LogP contribution in [0.1, 0.15) is 45.6 Å². The lowest BCUT2D eigenvalue weighted by molar-refractivity contribution is 0.0168. The van der Waals surface area contributed by atoms with Crippen LogP contribution in [0.3, 0.4) is 0 Å². The lowest BCUT2D eigenvalue weighted by Crippen LogP contribution is -2.38. The smallest absolute Gasteiger partial charge is 0.191 e. The third-order valence-corrected chi connectivity index (χ3v) is 4.14. The van der Waals surface area contributed by atoms with E-state index in [1.165, 1.54) is 0 Å². The van der Waals surface area contributed by atoms with Crippen LogP contribution in [0.15, 0.2) is 29.3 Å². The highest BCUT2D eigenvalue weighted by Crippen LogP contribution is 2.14. The van der Waals surface area contributed by atoms with Crippen LogP contribution in [0.4, 0.5) is 0 Å². The van der Waals surface area contributed by atoms with Gasteiger partial charge in [-0.15, -0.1) is 0 Å². The Morgan fingerprint density at radius 1 is 1.26 bits per heavy atom. The molecule has 0 aromatic heterocycles. The van der Waals surface area contributed by atoms with E-state index in [0.29, 0.717) is 19.3 Å². The number of ether oxygens (including phenoxy) is 3. The molecule has 0 spiro atoms. The van der Waals surface area contributed by atoms with Gasteiger partial charge in [0.25, 0.3) is 0 Å². The van der Waals surface area contributed by atoms with Crippen LogP contribution in [-0.4, -0.2) is 51.1 Å². The highest BCUT2D eigenvalue weighted by molar-refractivity contribution is 5.79. The predicted octanol–water partition coefficient (Wildman–Crippen LogP) is 3.11. The van der Waals surface area contributed by atoms with Crippen molar-refractivity contribution in [1.82, 2.24) is 10.6 Å². The zero-order valence-electron chi connectivity index (χ0n) is 17.0. The number of nitrogens with one attached hydrogen (secondary N) is 2. The largest absolute Gasteiger partial charge is 0.491 e. The Bertz CT molecular complexity index is 540. The van der Waals surface area contributed by atoms with Crippen molar-refractivity contribution in [1.29, 1.82) is 0 Å². The van der Waals surface area contributed by atoms with E-state index >= 15 is 0 Å². The summed E-state index contributed by atoms with van der Waals surface area (Å²) in [5, 5.41) is 6.64. The number of aliphatic imine (C=N–C) groups is 1. The first-order chi connectivity index (χ1) is 13.2. The number of nitrogens with zero attached hydrogens (tertiary/aromatic N) is 1. The second-order valence-corrected chi connectivity index (χ2v) is 7.00. The highest BCUT2D eigenvalue weighted by Gasteiger charge is 2.14. The van der Waals surface area contributed by atoms with E-state index in [9.17, 15) is 0 Å². The molecule has 1 aliphatic heterocycles. The summed E-state index contributed by atoms with van der Waals surface area (Å²) in [6.45, 7) is 10.8. The number of benzene rings is 1. The Kier molecular flexibility index (Phi) is 10.0. The minimum absolute atomic E-state index is 0.188. The first-order valence-electron chi connectivity index (χ1n) is 10.1. The molecule has 1 saturated heterocycles. The molecule has 1 aromatic rings. The van der Waals surface area contributed by atoms with Crippen molar-refractivity contribution in [2.75, 3.05) is 32.9 Å². The van der Waals surface area contributed by atoms with Crippen molar-refractivity contribution < 1.29 is 14.2 Å². The van der Waals surface area contributed by atoms with Crippen LogP contribution >= 0.6 is 0 Å². The molecule has 0 amide bonds. The SMILES string of the molecule is CCNC(=NCc1ccc(OC(C)C)cc1)NCCCOCC1CCCO1. The molecule has 27 heavy (non-hydrogen) atoms. The Hall–Kier alpha value is -1.79. The molecule has 6 heteroatoms. The number of guanidine groups is 1. The van der Waals surface area contributed by atoms with E-state index in [2.05, 4.69) is 34.7 Å². The summed E-state index contributed by atoms with van der Waals surface area (Å²) in [6, 6.07) is 8.11. The van der Waals surface area contributed by atoms with E-state index in [0.717, 1.165) is 62.8 Å². The van der Waals surface area contributed by atoms with E-state index in [4.69, 9.17) is 14.2 Å². The summed E-state index contributed by atoms with van der Waals surface area (Å²) in [5.41, 5.74) is 1.16. The molecule has 0 aliphatic carbocycles. The molecule has 1 aromatic carbocycles. The van der Waals surface area contributed by atoms with Crippen LogP contribution in [0.2, 0.25) is 0 Å². The molecule has 2 N–H and O–H groups in total. The molecular weight excluding hydrogens is 342 g/mol. The molecule has 1 atom stereocenters. The molecule has 1 fully saturated rings. The summed E-state index contributed by atoms with van der Waals surface area (Å²) in [5.74, 6) is 1.73. The van der Waals surface area contributed by atoms with Gasteiger partial charge in [-0.2, -0.15) is 0 Å². The first-order valence-corrected chi connectivity index (χ1v) is 10.1. The Morgan fingerprint density at radius 3 is 2.74 bits per heavy atom. The molecule has 1 heterocycles.